The van der Waals surface area contributed by atoms with Crippen LogP contribution in [0.3, 0.4) is 0 Å². The van der Waals surface area contributed by atoms with Crippen LogP contribution in [0.1, 0.15) is 28.9 Å². The molecule has 1 amide bonds. The molecule has 128 valence electrons. The van der Waals surface area contributed by atoms with Crippen LogP contribution in [-0.2, 0) is 0 Å². The topological polar surface area (TPSA) is 79.9 Å². The molecule has 0 aliphatic rings. The summed E-state index contributed by atoms with van der Waals surface area (Å²) in [7, 11) is 1.50. The standard InChI is InChI=1S/C18H17FN4O2/c1-11(13-9-12(19)6-7-16(13)25-2)22-18(24)14-10-21-23-17(14)15-5-3-4-8-20-15/h3-11H,1-2H3,(H,21,23)(H,22,24). The van der Waals surface area contributed by atoms with Gasteiger partial charge in [-0.25, -0.2) is 4.39 Å². The molecule has 0 bridgehead atoms. The number of H-pyrrole nitrogens is 1. The molecule has 0 fully saturated rings. The van der Waals surface area contributed by atoms with Gasteiger partial charge in [-0.1, -0.05) is 6.07 Å². The number of amides is 1. The molecule has 0 saturated carbocycles. The maximum Gasteiger partial charge on any atom is 0.255 e. The Labute approximate surface area is 144 Å². The fourth-order valence-corrected chi connectivity index (χ4v) is 2.56. The van der Waals surface area contributed by atoms with Gasteiger partial charge in [-0.3, -0.25) is 14.9 Å². The average molecular weight is 340 g/mol. The van der Waals surface area contributed by atoms with Gasteiger partial charge in [0.1, 0.15) is 11.6 Å². The van der Waals surface area contributed by atoms with E-state index in [1.54, 1.807) is 25.3 Å². The molecule has 0 radical (unpaired) electrons. The third-order valence-corrected chi connectivity index (χ3v) is 3.81. The highest BCUT2D eigenvalue weighted by Gasteiger charge is 2.20. The molecule has 0 aliphatic heterocycles. The lowest BCUT2D eigenvalue weighted by atomic mass is 10.1. The van der Waals surface area contributed by atoms with Crippen molar-refractivity contribution < 1.29 is 13.9 Å². The van der Waals surface area contributed by atoms with Crippen LogP contribution in [0, 0.1) is 5.82 Å². The highest BCUT2D eigenvalue weighted by atomic mass is 19.1. The van der Waals surface area contributed by atoms with Crippen LogP contribution in [0.4, 0.5) is 4.39 Å². The number of aromatic amines is 1. The van der Waals surface area contributed by atoms with Gasteiger partial charge in [0.15, 0.2) is 0 Å². The van der Waals surface area contributed by atoms with Crippen molar-refractivity contribution in [2.75, 3.05) is 7.11 Å². The first-order valence-electron chi connectivity index (χ1n) is 7.69. The minimum Gasteiger partial charge on any atom is -0.496 e. The number of hydrogen-bond donors (Lipinski definition) is 2. The van der Waals surface area contributed by atoms with E-state index in [-0.39, 0.29) is 5.91 Å². The summed E-state index contributed by atoms with van der Waals surface area (Å²) >= 11 is 0. The summed E-state index contributed by atoms with van der Waals surface area (Å²) in [5.41, 5.74) is 2.05. The van der Waals surface area contributed by atoms with E-state index in [0.29, 0.717) is 28.3 Å². The minimum absolute atomic E-state index is 0.340. The molecule has 7 heteroatoms. The number of aromatic nitrogens is 3. The van der Waals surface area contributed by atoms with E-state index in [4.69, 9.17) is 4.74 Å². The van der Waals surface area contributed by atoms with E-state index in [1.165, 1.54) is 31.5 Å². The lowest BCUT2D eigenvalue weighted by Gasteiger charge is -2.17. The van der Waals surface area contributed by atoms with Gasteiger partial charge < -0.3 is 10.1 Å². The number of nitrogens with zero attached hydrogens (tertiary/aromatic N) is 2. The Morgan fingerprint density at radius 3 is 2.88 bits per heavy atom. The molecule has 2 heterocycles. The Bertz CT molecular complexity index is 880. The van der Waals surface area contributed by atoms with Gasteiger partial charge in [-0.05, 0) is 37.3 Å². The predicted octanol–water partition coefficient (Wildman–Crippen LogP) is 3.11. The third kappa shape index (κ3) is 3.50. The highest BCUT2D eigenvalue weighted by Crippen LogP contribution is 2.26. The monoisotopic (exact) mass is 340 g/mol. The summed E-state index contributed by atoms with van der Waals surface area (Å²) in [4.78, 5) is 16.9. The van der Waals surface area contributed by atoms with Gasteiger partial charge in [0.25, 0.3) is 5.91 Å². The summed E-state index contributed by atoms with van der Waals surface area (Å²) in [6.07, 6.45) is 3.08. The van der Waals surface area contributed by atoms with Gasteiger partial charge in [0, 0.05) is 11.8 Å². The number of ether oxygens (including phenoxy) is 1. The fourth-order valence-electron chi connectivity index (χ4n) is 2.56. The lowest BCUT2D eigenvalue weighted by molar-refractivity contribution is 0.0940. The van der Waals surface area contributed by atoms with Crippen LogP contribution < -0.4 is 10.1 Å². The van der Waals surface area contributed by atoms with E-state index < -0.39 is 11.9 Å². The number of nitrogens with one attached hydrogen (secondary N) is 2. The number of pyridine rings is 1. The van der Waals surface area contributed by atoms with Gasteiger partial charge >= 0.3 is 0 Å². The molecule has 0 aliphatic carbocycles. The first-order valence-corrected chi connectivity index (χ1v) is 7.69. The molecule has 3 rings (SSSR count). The van der Waals surface area contributed by atoms with Crippen LogP contribution in [0.15, 0.2) is 48.8 Å². The second-order valence-electron chi connectivity index (χ2n) is 5.46. The maximum atomic E-state index is 13.5. The summed E-state index contributed by atoms with van der Waals surface area (Å²) in [6.45, 7) is 1.76. The van der Waals surface area contributed by atoms with Crippen molar-refractivity contribution >= 4 is 5.91 Å². The zero-order chi connectivity index (χ0) is 17.8. The van der Waals surface area contributed by atoms with Crippen LogP contribution in [0.5, 0.6) is 5.75 Å². The molecule has 1 aromatic carbocycles. The van der Waals surface area contributed by atoms with Crippen molar-refractivity contribution in [3.8, 4) is 17.1 Å². The third-order valence-electron chi connectivity index (χ3n) is 3.81. The van der Waals surface area contributed by atoms with Gasteiger partial charge in [-0.15, -0.1) is 0 Å². The van der Waals surface area contributed by atoms with Crippen molar-refractivity contribution in [3.63, 3.8) is 0 Å². The minimum atomic E-state index is -0.454. The van der Waals surface area contributed by atoms with Crippen LogP contribution in [0.25, 0.3) is 11.4 Å². The second-order valence-corrected chi connectivity index (χ2v) is 5.46. The van der Waals surface area contributed by atoms with Crippen LogP contribution in [0.2, 0.25) is 0 Å². The SMILES string of the molecule is COc1ccc(F)cc1C(C)NC(=O)c1cn[nH]c1-c1ccccn1. The lowest BCUT2D eigenvalue weighted by Crippen LogP contribution is -2.27. The van der Waals surface area contributed by atoms with E-state index >= 15 is 0 Å². The first-order chi connectivity index (χ1) is 12.1. The van der Waals surface area contributed by atoms with E-state index in [1.807, 2.05) is 6.07 Å². The van der Waals surface area contributed by atoms with Crippen molar-refractivity contribution in [2.24, 2.45) is 0 Å². The van der Waals surface area contributed by atoms with E-state index in [9.17, 15) is 9.18 Å². The molecule has 0 saturated heterocycles. The smallest absolute Gasteiger partial charge is 0.255 e. The maximum absolute atomic E-state index is 13.5. The van der Waals surface area contributed by atoms with Crippen molar-refractivity contribution in [2.45, 2.75) is 13.0 Å². The Morgan fingerprint density at radius 1 is 1.32 bits per heavy atom. The molecular weight excluding hydrogens is 323 g/mol. The van der Waals surface area contributed by atoms with Crippen molar-refractivity contribution in [1.29, 1.82) is 0 Å². The van der Waals surface area contributed by atoms with Crippen LogP contribution in [-0.4, -0.2) is 28.2 Å². The largest absolute Gasteiger partial charge is 0.496 e. The summed E-state index contributed by atoms with van der Waals surface area (Å²) in [5, 5.41) is 9.56. The quantitative estimate of drug-likeness (QED) is 0.748. The summed E-state index contributed by atoms with van der Waals surface area (Å²) < 4.78 is 18.8. The average Bonchev–Trinajstić information content (AvgIpc) is 3.12. The molecule has 2 aromatic heterocycles. The van der Waals surface area contributed by atoms with Gasteiger partial charge in [-0.2, -0.15) is 5.10 Å². The number of methoxy groups -OCH3 is 1. The zero-order valence-corrected chi connectivity index (χ0v) is 13.8. The number of hydrogen-bond acceptors (Lipinski definition) is 4. The number of benzene rings is 1. The molecule has 1 atom stereocenters. The van der Waals surface area contributed by atoms with Gasteiger partial charge in [0.2, 0.25) is 0 Å². The predicted molar refractivity (Wildman–Crippen MR) is 90.7 cm³/mol. The second kappa shape index (κ2) is 7.12. The Balaban J connectivity index is 1.84. The number of halogens is 1. The van der Waals surface area contributed by atoms with Gasteiger partial charge in [0.05, 0.1) is 36.3 Å². The summed E-state index contributed by atoms with van der Waals surface area (Å²) in [6, 6.07) is 9.13. The molecule has 25 heavy (non-hydrogen) atoms. The Hall–Kier alpha value is -3.22. The highest BCUT2D eigenvalue weighted by molar-refractivity contribution is 5.99. The number of carbonyl (C=O) groups excluding carboxylic acids is 1. The van der Waals surface area contributed by atoms with Crippen molar-refractivity contribution in [3.05, 3.63) is 65.7 Å². The molecule has 3 aromatic rings. The Morgan fingerprint density at radius 2 is 2.16 bits per heavy atom. The number of carbonyl (C=O) groups is 1. The van der Waals surface area contributed by atoms with E-state index in [0.717, 1.165) is 0 Å². The Kier molecular flexibility index (Phi) is 4.74. The van der Waals surface area contributed by atoms with Crippen LogP contribution >= 0.6 is 0 Å². The number of rotatable bonds is 5. The van der Waals surface area contributed by atoms with Crippen molar-refractivity contribution in [1.82, 2.24) is 20.5 Å². The molecule has 6 nitrogen and oxygen atoms in total. The first kappa shape index (κ1) is 16.6. The normalized spacial score (nSPS) is 11.8. The fraction of sp³-hybridized carbons (Fsp3) is 0.167. The molecule has 2 N–H and O–H groups in total. The zero-order valence-electron chi connectivity index (χ0n) is 13.8. The molecular formula is C18H17FN4O2. The molecule has 1 unspecified atom stereocenters. The molecule has 0 spiro atoms. The summed E-state index contributed by atoms with van der Waals surface area (Å²) in [5.74, 6) is -0.228. The van der Waals surface area contributed by atoms with E-state index in [2.05, 4.69) is 20.5 Å².